The second kappa shape index (κ2) is 8.11. The van der Waals surface area contributed by atoms with Crippen molar-refractivity contribution >= 4 is 11.8 Å². The highest BCUT2D eigenvalue weighted by atomic mass is 16.5. The number of carbonyl (C=O) groups is 2. The van der Waals surface area contributed by atoms with Gasteiger partial charge in [-0.05, 0) is 99.0 Å². The van der Waals surface area contributed by atoms with Crippen LogP contribution >= 0.6 is 0 Å². The van der Waals surface area contributed by atoms with Crippen LogP contribution in [0.1, 0.15) is 81.8 Å². The fraction of sp³-hybridized carbons (Fsp3) is 0.692. The van der Waals surface area contributed by atoms with Crippen LogP contribution in [0.3, 0.4) is 0 Å². The minimum Gasteiger partial charge on any atom is -0.426 e. The van der Waals surface area contributed by atoms with Gasteiger partial charge in [0.15, 0.2) is 0 Å². The largest absolute Gasteiger partial charge is 0.426 e. The van der Waals surface area contributed by atoms with Crippen molar-refractivity contribution in [2.75, 3.05) is 19.6 Å². The van der Waals surface area contributed by atoms with Gasteiger partial charge in [0.25, 0.3) is 0 Å². The van der Waals surface area contributed by atoms with Crippen LogP contribution in [0.5, 0.6) is 5.75 Å². The van der Waals surface area contributed by atoms with Gasteiger partial charge in [-0.3, -0.25) is 9.59 Å². The van der Waals surface area contributed by atoms with E-state index in [1.54, 1.807) is 0 Å². The van der Waals surface area contributed by atoms with Gasteiger partial charge in [0, 0.05) is 18.4 Å². The predicted octanol–water partition coefficient (Wildman–Crippen LogP) is 4.89. The summed E-state index contributed by atoms with van der Waals surface area (Å²) in [4.78, 5) is 27.2. The number of hydrogen-bond acceptors (Lipinski definition) is 4. The Kier molecular flexibility index (Phi) is 5.47. The molecule has 5 rings (SSSR count). The zero-order chi connectivity index (χ0) is 20.7. The molecule has 4 atom stereocenters. The average Bonchev–Trinajstić information content (AvgIpc) is 3.07. The summed E-state index contributed by atoms with van der Waals surface area (Å²) >= 11 is 0. The van der Waals surface area contributed by atoms with Gasteiger partial charge in [-0.2, -0.15) is 0 Å². The van der Waals surface area contributed by atoms with Crippen molar-refractivity contribution < 1.29 is 14.3 Å². The Hall–Kier alpha value is -1.68. The molecule has 1 aliphatic heterocycles. The maximum Gasteiger partial charge on any atom is 0.312 e. The SMILES string of the molecule is C[C@]12CC[C@H]3c4ccc(OC(=O)CCN5CCCCC5)cc4CC[C@H]3[C@H]1CCC2=O. The van der Waals surface area contributed by atoms with Crippen molar-refractivity contribution in [3.63, 3.8) is 0 Å². The Bertz CT molecular complexity index is 828. The molecule has 30 heavy (non-hydrogen) atoms. The van der Waals surface area contributed by atoms with Gasteiger partial charge in [0.2, 0.25) is 0 Å². The molecule has 162 valence electrons. The highest BCUT2D eigenvalue weighted by molar-refractivity contribution is 5.87. The third-order valence-electron chi connectivity index (χ3n) is 8.72. The molecule has 1 heterocycles. The van der Waals surface area contributed by atoms with Gasteiger partial charge in [-0.15, -0.1) is 0 Å². The molecular formula is C26H35NO3. The molecule has 4 nitrogen and oxygen atoms in total. The van der Waals surface area contributed by atoms with Gasteiger partial charge in [0.1, 0.15) is 11.5 Å². The van der Waals surface area contributed by atoms with Crippen molar-refractivity contribution in [3.05, 3.63) is 29.3 Å². The van der Waals surface area contributed by atoms with Crippen LogP contribution in [-0.4, -0.2) is 36.3 Å². The third-order valence-corrected chi connectivity index (χ3v) is 8.72. The van der Waals surface area contributed by atoms with Crippen molar-refractivity contribution in [1.82, 2.24) is 4.90 Å². The minimum absolute atomic E-state index is 0.0670. The zero-order valence-electron chi connectivity index (χ0n) is 18.3. The second-order valence-electron chi connectivity index (χ2n) is 10.3. The lowest BCUT2D eigenvalue weighted by molar-refractivity contribution is -0.134. The fourth-order valence-electron chi connectivity index (χ4n) is 7.01. The number of benzene rings is 1. The van der Waals surface area contributed by atoms with Gasteiger partial charge in [-0.25, -0.2) is 0 Å². The number of Topliss-reactive ketones (excluding diaryl/α,β-unsaturated/α-hetero) is 1. The number of fused-ring (bicyclic) bond motifs is 5. The molecule has 0 amide bonds. The molecule has 4 aliphatic rings. The van der Waals surface area contributed by atoms with Crippen LogP contribution in [0, 0.1) is 17.3 Å². The lowest BCUT2D eigenvalue weighted by Gasteiger charge is -2.48. The van der Waals surface area contributed by atoms with Crippen LogP contribution < -0.4 is 4.74 Å². The number of aryl methyl sites for hydroxylation is 1. The van der Waals surface area contributed by atoms with E-state index >= 15 is 0 Å². The summed E-state index contributed by atoms with van der Waals surface area (Å²) in [6.07, 6.45) is 10.5. The first-order valence-corrected chi connectivity index (χ1v) is 12.1. The van der Waals surface area contributed by atoms with Gasteiger partial charge < -0.3 is 9.64 Å². The Morgan fingerprint density at radius 1 is 1.13 bits per heavy atom. The van der Waals surface area contributed by atoms with Crippen LogP contribution in [0.4, 0.5) is 0 Å². The van der Waals surface area contributed by atoms with E-state index in [9.17, 15) is 9.59 Å². The number of likely N-dealkylation sites (tertiary alicyclic amines) is 1. The first-order valence-electron chi connectivity index (χ1n) is 12.1. The van der Waals surface area contributed by atoms with Gasteiger partial charge in [0.05, 0.1) is 6.42 Å². The average molecular weight is 410 g/mol. The van der Waals surface area contributed by atoms with Crippen LogP contribution in [-0.2, 0) is 16.0 Å². The van der Waals surface area contributed by atoms with E-state index in [-0.39, 0.29) is 11.4 Å². The smallest absolute Gasteiger partial charge is 0.312 e. The number of ether oxygens (including phenoxy) is 1. The molecule has 2 saturated carbocycles. The first kappa shape index (κ1) is 20.2. The minimum atomic E-state index is -0.118. The quantitative estimate of drug-likeness (QED) is 0.524. The van der Waals surface area contributed by atoms with Gasteiger partial charge in [-0.1, -0.05) is 19.4 Å². The van der Waals surface area contributed by atoms with Crippen molar-refractivity contribution in [3.8, 4) is 5.75 Å². The van der Waals surface area contributed by atoms with Crippen molar-refractivity contribution in [2.45, 2.75) is 77.0 Å². The Morgan fingerprint density at radius 3 is 2.80 bits per heavy atom. The molecule has 0 unspecified atom stereocenters. The Labute approximate surface area is 180 Å². The van der Waals surface area contributed by atoms with Crippen molar-refractivity contribution in [1.29, 1.82) is 0 Å². The number of hydrogen-bond donors (Lipinski definition) is 0. The summed E-state index contributed by atoms with van der Waals surface area (Å²) in [7, 11) is 0. The number of ketones is 1. The highest BCUT2D eigenvalue weighted by Gasteiger charge is 2.54. The molecule has 3 fully saturated rings. The van der Waals surface area contributed by atoms with Gasteiger partial charge >= 0.3 is 5.97 Å². The molecule has 3 aliphatic carbocycles. The second-order valence-corrected chi connectivity index (χ2v) is 10.3. The van der Waals surface area contributed by atoms with E-state index in [2.05, 4.69) is 24.0 Å². The van der Waals surface area contributed by atoms with E-state index in [4.69, 9.17) is 4.74 Å². The summed E-state index contributed by atoms with van der Waals surface area (Å²) in [5.74, 6) is 2.86. The molecule has 1 aromatic rings. The summed E-state index contributed by atoms with van der Waals surface area (Å²) in [5.41, 5.74) is 2.73. The molecule has 4 heteroatoms. The van der Waals surface area contributed by atoms with E-state index < -0.39 is 0 Å². The number of esters is 1. The van der Waals surface area contributed by atoms with Crippen LogP contribution in [0.25, 0.3) is 0 Å². The lowest BCUT2D eigenvalue weighted by atomic mass is 9.55. The number of piperidine rings is 1. The molecule has 1 aromatic carbocycles. The third kappa shape index (κ3) is 3.62. The number of carbonyl (C=O) groups excluding carboxylic acids is 2. The Balaban J connectivity index is 1.23. The summed E-state index contributed by atoms with van der Waals surface area (Å²) < 4.78 is 5.70. The number of nitrogens with zero attached hydrogens (tertiary/aromatic N) is 1. The standard InChI is InChI=1S/C26H35NO3/c1-26-13-11-21-20-8-6-19(30-25(29)12-16-27-14-3-2-4-15-27)17-18(20)5-7-22(21)23(26)9-10-24(26)28/h6,8,17,21-23H,2-5,7,9-16H2,1H3/t21-,22+,23+,26-/m0/s1. The lowest BCUT2D eigenvalue weighted by Crippen LogP contribution is -2.42. The normalized spacial score (nSPS) is 33.5. The molecule has 0 N–H and O–H groups in total. The molecule has 0 bridgehead atoms. The molecule has 0 spiro atoms. The maximum atomic E-state index is 12.5. The maximum absolute atomic E-state index is 12.5. The summed E-state index contributed by atoms with van der Waals surface area (Å²) in [6.45, 7) is 5.26. The van der Waals surface area contributed by atoms with Crippen LogP contribution in [0.2, 0.25) is 0 Å². The molecular weight excluding hydrogens is 374 g/mol. The molecule has 0 radical (unpaired) electrons. The van der Waals surface area contributed by atoms with Crippen molar-refractivity contribution in [2.24, 2.45) is 17.3 Å². The topological polar surface area (TPSA) is 46.6 Å². The molecule has 0 aromatic heterocycles. The molecule has 1 saturated heterocycles. The summed E-state index contributed by atoms with van der Waals surface area (Å²) in [6, 6.07) is 6.31. The van der Waals surface area contributed by atoms with E-state index in [1.807, 2.05) is 6.07 Å². The van der Waals surface area contributed by atoms with E-state index in [0.717, 1.165) is 58.2 Å². The highest BCUT2D eigenvalue weighted by Crippen LogP contribution is 2.59. The zero-order valence-corrected chi connectivity index (χ0v) is 18.3. The summed E-state index contributed by atoms with van der Waals surface area (Å²) in [5, 5.41) is 0. The van der Waals surface area contributed by atoms with E-state index in [0.29, 0.717) is 35.7 Å². The fourth-order valence-corrected chi connectivity index (χ4v) is 7.01. The first-order chi connectivity index (χ1) is 14.5. The predicted molar refractivity (Wildman–Crippen MR) is 117 cm³/mol. The Morgan fingerprint density at radius 2 is 1.97 bits per heavy atom. The monoisotopic (exact) mass is 409 g/mol. The van der Waals surface area contributed by atoms with Crippen LogP contribution in [0.15, 0.2) is 18.2 Å². The number of rotatable bonds is 4. The van der Waals surface area contributed by atoms with E-state index in [1.165, 1.54) is 30.4 Å².